The third-order valence-electron chi connectivity index (χ3n) is 1.44. The van der Waals surface area contributed by atoms with E-state index in [-0.39, 0.29) is 12.6 Å². The van der Waals surface area contributed by atoms with Crippen LogP contribution in [0.4, 0.5) is 4.79 Å². The highest BCUT2D eigenvalue weighted by molar-refractivity contribution is 5.67. The highest BCUT2D eigenvalue weighted by Crippen LogP contribution is 1.90. The van der Waals surface area contributed by atoms with Gasteiger partial charge in [-0.25, -0.2) is 4.79 Å². The van der Waals surface area contributed by atoms with E-state index in [0.29, 0.717) is 0 Å². The summed E-state index contributed by atoms with van der Waals surface area (Å²) in [6.07, 6.45) is -1.30. The van der Waals surface area contributed by atoms with Crippen molar-refractivity contribution in [1.29, 1.82) is 0 Å². The molecule has 0 saturated heterocycles. The Hall–Kier alpha value is -0.810. The van der Waals surface area contributed by atoms with Crippen LogP contribution in [-0.4, -0.2) is 36.0 Å². The molecule has 2 unspecified atom stereocenters. The molecule has 2 atom stereocenters. The number of aliphatic hydroxyl groups excluding tert-OH is 1. The standard InChI is InChI=1S/C8H18N2O3/c1-5(2)13-8(12)10-4-7(9)6(3)11/h5-7,11H,4,9H2,1-3H3,(H,10,12). The van der Waals surface area contributed by atoms with Gasteiger partial charge in [-0.1, -0.05) is 0 Å². The molecule has 0 heterocycles. The zero-order valence-corrected chi connectivity index (χ0v) is 8.28. The molecule has 0 aromatic carbocycles. The van der Waals surface area contributed by atoms with Gasteiger partial charge in [0.15, 0.2) is 0 Å². The molecule has 0 aromatic heterocycles. The largest absolute Gasteiger partial charge is 0.447 e. The van der Waals surface area contributed by atoms with Gasteiger partial charge < -0.3 is 20.9 Å². The molecule has 0 rings (SSSR count). The summed E-state index contributed by atoms with van der Waals surface area (Å²) < 4.78 is 4.79. The zero-order chi connectivity index (χ0) is 10.4. The van der Waals surface area contributed by atoms with E-state index in [1.165, 1.54) is 0 Å². The number of rotatable bonds is 4. The van der Waals surface area contributed by atoms with Gasteiger partial charge in [0.1, 0.15) is 0 Å². The van der Waals surface area contributed by atoms with Crippen molar-refractivity contribution in [3.8, 4) is 0 Å². The number of amides is 1. The Balaban J connectivity index is 3.58. The maximum Gasteiger partial charge on any atom is 0.407 e. The van der Waals surface area contributed by atoms with Gasteiger partial charge in [-0.05, 0) is 20.8 Å². The lowest BCUT2D eigenvalue weighted by Gasteiger charge is -2.15. The minimum Gasteiger partial charge on any atom is -0.447 e. The van der Waals surface area contributed by atoms with Gasteiger partial charge in [0, 0.05) is 12.6 Å². The lowest BCUT2D eigenvalue weighted by molar-refractivity contribution is 0.111. The molecule has 5 nitrogen and oxygen atoms in total. The summed E-state index contributed by atoms with van der Waals surface area (Å²) in [5.74, 6) is 0. The summed E-state index contributed by atoms with van der Waals surface area (Å²) in [5, 5.41) is 11.4. The molecular formula is C8H18N2O3. The van der Waals surface area contributed by atoms with Gasteiger partial charge >= 0.3 is 6.09 Å². The number of nitrogens with one attached hydrogen (secondary N) is 1. The van der Waals surface area contributed by atoms with E-state index in [9.17, 15) is 4.79 Å². The molecule has 4 N–H and O–H groups in total. The summed E-state index contributed by atoms with van der Waals surface area (Å²) in [6, 6.07) is -0.459. The summed E-state index contributed by atoms with van der Waals surface area (Å²) >= 11 is 0. The fourth-order valence-corrected chi connectivity index (χ4v) is 0.627. The van der Waals surface area contributed by atoms with E-state index in [1.807, 2.05) is 0 Å². The van der Waals surface area contributed by atoms with Crippen LogP contribution < -0.4 is 11.1 Å². The van der Waals surface area contributed by atoms with Crippen LogP contribution in [0.2, 0.25) is 0 Å². The summed E-state index contributed by atoms with van der Waals surface area (Å²) in [6.45, 7) is 5.30. The Morgan fingerprint density at radius 2 is 2.08 bits per heavy atom. The van der Waals surface area contributed by atoms with Crippen LogP contribution in [0.15, 0.2) is 0 Å². The molecule has 78 valence electrons. The smallest absolute Gasteiger partial charge is 0.407 e. The van der Waals surface area contributed by atoms with Crippen LogP contribution in [0, 0.1) is 0 Å². The van der Waals surface area contributed by atoms with E-state index < -0.39 is 18.2 Å². The lowest BCUT2D eigenvalue weighted by Crippen LogP contribution is -2.44. The first-order valence-electron chi connectivity index (χ1n) is 4.31. The third kappa shape index (κ3) is 6.36. The van der Waals surface area contributed by atoms with E-state index in [1.54, 1.807) is 20.8 Å². The van der Waals surface area contributed by atoms with Crippen LogP contribution in [0.25, 0.3) is 0 Å². The number of ether oxygens (including phenoxy) is 1. The predicted molar refractivity (Wildman–Crippen MR) is 49.3 cm³/mol. The van der Waals surface area contributed by atoms with Crippen LogP contribution in [0.5, 0.6) is 0 Å². The van der Waals surface area contributed by atoms with Crippen LogP contribution >= 0.6 is 0 Å². The topological polar surface area (TPSA) is 84.6 Å². The molecule has 0 aliphatic heterocycles. The first-order valence-corrected chi connectivity index (χ1v) is 4.31. The maximum absolute atomic E-state index is 10.9. The molecule has 13 heavy (non-hydrogen) atoms. The van der Waals surface area contributed by atoms with Crippen molar-refractivity contribution < 1.29 is 14.6 Å². The number of carbonyl (C=O) groups is 1. The Morgan fingerprint density at radius 1 is 1.54 bits per heavy atom. The quantitative estimate of drug-likeness (QED) is 0.574. The molecular weight excluding hydrogens is 172 g/mol. The van der Waals surface area contributed by atoms with Gasteiger partial charge in [0.25, 0.3) is 0 Å². The first-order chi connectivity index (χ1) is 5.93. The molecule has 0 radical (unpaired) electrons. The fourth-order valence-electron chi connectivity index (χ4n) is 0.627. The lowest BCUT2D eigenvalue weighted by atomic mass is 10.2. The minimum atomic E-state index is -0.639. The normalized spacial score (nSPS) is 15.2. The molecule has 0 spiro atoms. The van der Waals surface area contributed by atoms with E-state index >= 15 is 0 Å². The van der Waals surface area contributed by atoms with E-state index in [2.05, 4.69) is 5.32 Å². The fraction of sp³-hybridized carbons (Fsp3) is 0.875. The zero-order valence-electron chi connectivity index (χ0n) is 8.28. The molecule has 5 heteroatoms. The van der Waals surface area contributed by atoms with Crippen LogP contribution in [0.1, 0.15) is 20.8 Å². The SMILES string of the molecule is CC(C)OC(=O)NCC(N)C(C)O. The molecule has 0 saturated carbocycles. The van der Waals surface area contributed by atoms with E-state index in [4.69, 9.17) is 15.6 Å². The van der Waals surface area contributed by atoms with Crippen molar-refractivity contribution >= 4 is 6.09 Å². The summed E-state index contributed by atoms with van der Waals surface area (Å²) in [4.78, 5) is 10.9. The second kappa shape index (κ2) is 5.77. The highest BCUT2D eigenvalue weighted by Gasteiger charge is 2.11. The molecule has 0 aromatic rings. The number of carbonyl (C=O) groups excluding carboxylic acids is 1. The van der Waals surface area contributed by atoms with Crippen molar-refractivity contribution in [2.45, 2.75) is 39.0 Å². The van der Waals surface area contributed by atoms with Gasteiger partial charge in [-0.3, -0.25) is 0 Å². The number of hydrogen-bond acceptors (Lipinski definition) is 4. The number of nitrogens with two attached hydrogens (primary N) is 1. The second-order valence-electron chi connectivity index (χ2n) is 3.24. The van der Waals surface area contributed by atoms with E-state index in [0.717, 1.165) is 0 Å². The Kier molecular flexibility index (Phi) is 5.41. The van der Waals surface area contributed by atoms with Crippen molar-refractivity contribution in [3.63, 3.8) is 0 Å². The molecule has 0 aliphatic carbocycles. The maximum atomic E-state index is 10.9. The molecule has 0 bridgehead atoms. The second-order valence-corrected chi connectivity index (χ2v) is 3.24. The van der Waals surface area contributed by atoms with Crippen LogP contribution in [-0.2, 0) is 4.74 Å². The number of alkyl carbamates (subject to hydrolysis) is 1. The van der Waals surface area contributed by atoms with Crippen LogP contribution in [0.3, 0.4) is 0 Å². The Labute approximate surface area is 78.3 Å². The number of hydrogen-bond donors (Lipinski definition) is 3. The summed E-state index contributed by atoms with van der Waals surface area (Å²) in [7, 11) is 0. The minimum absolute atomic E-state index is 0.150. The molecule has 1 amide bonds. The average molecular weight is 190 g/mol. The highest BCUT2D eigenvalue weighted by atomic mass is 16.6. The van der Waals surface area contributed by atoms with Gasteiger partial charge in [-0.2, -0.15) is 0 Å². The monoisotopic (exact) mass is 190 g/mol. The predicted octanol–water partition coefficient (Wildman–Crippen LogP) is -0.171. The van der Waals surface area contributed by atoms with Crippen molar-refractivity contribution in [2.24, 2.45) is 5.73 Å². The first kappa shape index (κ1) is 12.2. The van der Waals surface area contributed by atoms with Crippen molar-refractivity contribution in [1.82, 2.24) is 5.32 Å². The summed E-state index contributed by atoms with van der Waals surface area (Å²) in [5.41, 5.74) is 5.48. The third-order valence-corrected chi connectivity index (χ3v) is 1.44. The van der Waals surface area contributed by atoms with Gasteiger partial charge in [0.05, 0.1) is 12.2 Å². The number of aliphatic hydroxyl groups is 1. The Morgan fingerprint density at radius 3 is 2.46 bits per heavy atom. The van der Waals surface area contributed by atoms with Gasteiger partial charge in [-0.15, -0.1) is 0 Å². The van der Waals surface area contributed by atoms with Crippen molar-refractivity contribution in [2.75, 3.05) is 6.54 Å². The molecule has 0 fully saturated rings. The average Bonchev–Trinajstić information content (AvgIpc) is 1.98. The molecule has 0 aliphatic rings. The van der Waals surface area contributed by atoms with Crippen molar-refractivity contribution in [3.05, 3.63) is 0 Å². The van der Waals surface area contributed by atoms with Gasteiger partial charge in [0.2, 0.25) is 0 Å². The Bertz CT molecular complexity index is 159.